The molecule has 1 amide bonds. The number of amides is 1. The maximum Gasteiger partial charge on any atom is 0.307 e. The van der Waals surface area contributed by atoms with Gasteiger partial charge in [0.25, 0.3) is 0 Å². The molecule has 1 aliphatic heterocycles. The Morgan fingerprint density at radius 2 is 1.95 bits per heavy atom. The molecule has 0 saturated carbocycles. The van der Waals surface area contributed by atoms with E-state index in [0.717, 1.165) is 12.8 Å². The van der Waals surface area contributed by atoms with Gasteiger partial charge in [0.15, 0.2) is 0 Å². The molecule has 0 bridgehead atoms. The minimum absolute atomic E-state index is 0.0214. The highest BCUT2D eigenvalue weighted by Crippen LogP contribution is 2.20. The van der Waals surface area contributed by atoms with Crippen LogP contribution in [0.2, 0.25) is 0 Å². The second-order valence-electron chi connectivity index (χ2n) is 4.73. The predicted octanol–water partition coefficient (Wildman–Crippen LogP) is 1.52. The van der Waals surface area contributed by atoms with Gasteiger partial charge in [-0.05, 0) is 18.4 Å². The van der Waals surface area contributed by atoms with E-state index in [1.807, 2.05) is 30.3 Å². The lowest BCUT2D eigenvalue weighted by Crippen LogP contribution is -2.28. The van der Waals surface area contributed by atoms with E-state index in [-0.39, 0.29) is 18.9 Å². The van der Waals surface area contributed by atoms with Crippen molar-refractivity contribution in [1.82, 2.24) is 4.90 Å². The standard InChI is InChI=1S/C13H16FNO3S/c14-19(17,18)12-9-13(16)15(10-12)8-4-7-11-5-2-1-3-6-11/h1-3,5-6,12H,4,7-10H2. The van der Waals surface area contributed by atoms with Crippen LogP contribution in [0.1, 0.15) is 18.4 Å². The summed E-state index contributed by atoms with van der Waals surface area (Å²) in [6.07, 6.45) is 1.33. The highest BCUT2D eigenvalue weighted by atomic mass is 32.3. The average molecular weight is 285 g/mol. The fraction of sp³-hybridized carbons (Fsp3) is 0.462. The first kappa shape index (κ1) is 14.0. The molecule has 1 atom stereocenters. The number of nitrogens with zero attached hydrogens (tertiary/aromatic N) is 1. The average Bonchev–Trinajstić information content (AvgIpc) is 2.72. The number of halogens is 1. The minimum Gasteiger partial charge on any atom is -0.341 e. The minimum atomic E-state index is -4.61. The van der Waals surface area contributed by atoms with Gasteiger partial charge in [-0.2, -0.15) is 8.42 Å². The van der Waals surface area contributed by atoms with E-state index >= 15 is 0 Å². The van der Waals surface area contributed by atoms with Gasteiger partial charge in [0.05, 0.1) is 0 Å². The van der Waals surface area contributed by atoms with Gasteiger partial charge in [-0.3, -0.25) is 4.79 Å². The predicted molar refractivity (Wildman–Crippen MR) is 69.8 cm³/mol. The first-order valence-electron chi connectivity index (χ1n) is 6.22. The first-order chi connectivity index (χ1) is 8.97. The monoisotopic (exact) mass is 285 g/mol. The van der Waals surface area contributed by atoms with Gasteiger partial charge in [-0.25, -0.2) is 0 Å². The molecule has 6 heteroatoms. The molecule has 0 radical (unpaired) electrons. The van der Waals surface area contributed by atoms with Crippen molar-refractivity contribution in [3.63, 3.8) is 0 Å². The van der Waals surface area contributed by atoms with E-state index in [0.29, 0.717) is 6.54 Å². The summed E-state index contributed by atoms with van der Waals surface area (Å²) in [6.45, 7) is 0.451. The van der Waals surface area contributed by atoms with Crippen molar-refractivity contribution in [3.05, 3.63) is 35.9 Å². The lowest BCUT2D eigenvalue weighted by molar-refractivity contribution is -0.127. The maximum atomic E-state index is 12.8. The highest BCUT2D eigenvalue weighted by Gasteiger charge is 2.37. The molecule has 0 aliphatic carbocycles. The highest BCUT2D eigenvalue weighted by molar-refractivity contribution is 7.87. The second kappa shape index (κ2) is 5.69. The molecule has 0 aromatic heterocycles. The van der Waals surface area contributed by atoms with E-state index in [4.69, 9.17) is 0 Å². The van der Waals surface area contributed by atoms with E-state index in [9.17, 15) is 17.1 Å². The second-order valence-corrected chi connectivity index (χ2v) is 6.35. The van der Waals surface area contributed by atoms with Crippen molar-refractivity contribution in [2.75, 3.05) is 13.1 Å². The molecule has 1 aliphatic rings. The Bertz CT molecular complexity index is 544. The summed E-state index contributed by atoms with van der Waals surface area (Å²) >= 11 is 0. The summed E-state index contributed by atoms with van der Waals surface area (Å²) in [5.74, 6) is -0.278. The Morgan fingerprint density at radius 3 is 2.53 bits per heavy atom. The van der Waals surface area contributed by atoms with Gasteiger partial charge in [0.2, 0.25) is 5.91 Å². The number of rotatable bonds is 5. The smallest absolute Gasteiger partial charge is 0.307 e. The molecule has 2 rings (SSSR count). The van der Waals surface area contributed by atoms with Crippen molar-refractivity contribution in [1.29, 1.82) is 0 Å². The lowest BCUT2D eigenvalue weighted by Gasteiger charge is -2.15. The Morgan fingerprint density at radius 1 is 1.26 bits per heavy atom. The van der Waals surface area contributed by atoms with E-state index in [2.05, 4.69) is 0 Å². The molecule has 1 heterocycles. The lowest BCUT2D eigenvalue weighted by atomic mass is 10.1. The van der Waals surface area contributed by atoms with Crippen LogP contribution in [-0.2, 0) is 21.4 Å². The van der Waals surface area contributed by atoms with Crippen LogP contribution in [0, 0.1) is 0 Å². The fourth-order valence-electron chi connectivity index (χ4n) is 2.26. The number of carbonyl (C=O) groups excluding carboxylic acids is 1. The third kappa shape index (κ3) is 3.76. The summed E-state index contributed by atoms with van der Waals surface area (Å²) < 4.78 is 34.4. The van der Waals surface area contributed by atoms with Crippen LogP contribution in [0.3, 0.4) is 0 Å². The van der Waals surface area contributed by atoms with Crippen LogP contribution in [0.5, 0.6) is 0 Å². The largest absolute Gasteiger partial charge is 0.341 e. The summed E-state index contributed by atoms with van der Waals surface area (Å²) in [6, 6.07) is 9.83. The maximum absolute atomic E-state index is 12.8. The van der Waals surface area contributed by atoms with Gasteiger partial charge < -0.3 is 4.90 Å². The third-order valence-corrected chi connectivity index (χ3v) is 4.43. The Labute approximate surface area is 112 Å². The van der Waals surface area contributed by atoms with Crippen molar-refractivity contribution >= 4 is 16.1 Å². The number of likely N-dealkylation sites (tertiary alicyclic amines) is 1. The van der Waals surface area contributed by atoms with Crippen molar-refractivity contribution in [2.24, 2.45) is 0 Å². The number of aryl methyl sites for hydroxylation is 1. The SMILES string of the molecule is O=C1CC(S(=O)(=O)F)CN1CCCc1ccccc1. The molecule has 1 aromatic rings. The van der Waals surface area contributed by atoms with Crippen molar-refractivity contribution in [2.45, 2.75) is 24.5 Å². The molecule has 0 N–H and O–H groups in total. The molecule has 1 saturated heterocycles. The molecule has 1 fully saturated rings. The van der Waals surface area contributed by atoms with Gasteiger partial charge in [0.1, 0.15) is 5.25 Å². The van der Waals surface area contributed by atoms with Crippen LogP contribution < -0.4 is 0 Å². The first-order valence-corrected chi connectivity index (χ1v) is 7.66. The quantitative estimate of drug-likeness (QED) is 0.771. The van der Waals surface area contributed by atoms with Crippen LogP contribution in [0.15, 0.2) is 30.3 Å². The Hall–Kier alpha value is -1.43. The summed E-state index contributed by atoms with van der Waals surface area (Å²) in [4.78, 5) is 13.0. The van der Waals surface area contributed by atoms with E-state index in [1.54, 1.807) is 0 Å². The fourth-order valence-corrected chi connectivity index (χ4v) is 2.96. The Balaban J connectivity index is 1.83. The number of hydrogen-bond donors (Lipinski definition) is 0. The van der Waals surface area contributed by atoms with Gasteiger partial charge in [-0.1, -0.05) is 30.3 Å². The molecule has 104 valence electrons. The van der Waals surface area contributed by atoms with Crippen molar-refractivity contribution < 1.29 is 17.1 Å². The molecule has 0 spiro atoms. The summed E-state index contributed by atoms with van der Waals surface area (Å²) in [5.41, 5.74) is 1.17. The number of benzene rings is 1. The van der Waals surface area contributed by atoms with Crippen LogP contribution in [-0.4, -0.2) is 37.6 Å². The van der Waals surface area contributed by atoms with Gasteiger partial charge in [0, 0.05) is 19.5 Å². The zero-order chi connectivity index (χ0) is 13.9. The molecule has 19 heavy (non-hydrogen) atoms. The van der Waals surface area contributed by atoms with Crippen LogP contribution >= 0.6 is 0 Å². The third-order valence-electron chi connectivity index (χ3n) is 3.31. The molecule has 1 aromatic carbocycles. The molecular weight excluding hydrogens is 269 g/mol. The zero-order valence-corrected chi connectivity index (χ0v) is 11.3. The molecule has 4 nitrogen and oxygen atoms in total. The summed E-state index contributed by atoms with van der Waals surface area (Å²) in [7, 11) is -4.61. The topological polar surface area (TPSA) is 54.5 Å². The van der Waals surface area contributed by atoms with E-state index in [1.165, 1.54) is 10.5 Å². The zero-order valence-electron chi connectivity index (χ0n) is 10.5. The van der Waals surface area contributed by atoms with Crippen LogP contribution in [0.4, 0.5) is 3.89 Å². The molecule has 1 unspecified atom stereocenters. The van der Waals surface area contributed by atoms with E-state index < -0.39 is 15.5 Å². The number of hydrogen-bond acceptors (Lipinski definition) is 3. The normalized spacial score (nSPS) is 19.9. The van der Waals surface area contributed by atoms with Gasteiger partial charge >= 0.3 is 10.2 Å². The summed E-state index contributed by atoms with van der Waals surface area (Å²) in [5, 5.41) is -1.18. The van der Waals surface area contributed by atoms with Crippen molar-refractivity contribution in [3.8, 4) is 0 Å². The van der Waals surface area contributed by atoms with Crippen LogP contribution in [0.25, 0.3) is 0 Å². The molecular formula is C13H16FNO3S. The Kier molecular flexibility index (Phi) is 4.19. The number of carbonyl (C=O) groups is 1. The van der Waals surface area contributed by atoms with Gasteiger partial charge in [-0.15, -0.1) is 3.89 Å².